The standard InChI is InChI=1S/C21H20F3N3O2S/c22-21(23,24)17-5-3-14(4-6-17)11-19(28)27-8-1-2-15(12-27)10-18-25-20(26-29-18)16-7-9-30-13-16/h3-7,9,13,15H,1-2,8,10-12H2. The third kappa shape index (κ3) is 4.89. The van der Waals surface area contributed by atoms with Crippen LogP contribution in [0, 0.1) is 5.92 Å². The van der Waals surface area contributed by atoms with E-state index in [9.17, 15) is 18.0 Å². The lowest BCUT2D eigenvalue weighted by molar-refractivity contribution is -0.137. The smallest absolute Gasteiger partial charge is 0.342 e. The second kappa shape index (κ2) is 8.59. The van der Waals surface area contributed by atoms with Crippen molar-refractivity contribution < 1.29 is 22.5 Å². The van der Waals surface area contributed by atoms with E-state index in [1.54, 1.807) is 16.2 Å². The van der Waals surface area contributed by atoms with E-state index in [-0.39, 0.29) is 18.2 Å². The second-order valence-corrected chi connectivity index (χ2v) is 8.23. The number of likely N-dealkylation sites (tertiary alicyclic amines) is 1. The minimum absolute atomic E-state index is 0.0797. The summed E-state index contributed by atoms with van der Waals surface area (Å²) in [6.45, 7) is 1.23. The second-order valence-electron chi connectivity index (χ2n) is 7.45. The fraction of sp³-hybridized carbons (Fsp3) is 0.381. The van der Waals surface area contributed by atoms with Crippen molar-refractivity contribution in [2.24, 2.45) is 5.92 Å². The van der Waals surface area contributed by atoms with Crippen molar-refractivity contribution in [3.63, 3.8) is 0 Å². The van der Waals surface area contributed by atoms with E-state index in [0.717, 1.165) is 30.5 Å². The number of nitrogens with zero attached hydrogens (tertiary/aromatic N) is 3. The van der Waals surface area contributed by atoms with Gasteiger partial charge in [0.1, 0.15) is 0 Å². The summed E-state index contributed by atoms with van der Waals surface area (Å²) in [4.78, 5) is 18.9. The van der Waals surface area contributed by atoms with Gasteiger partial charge in [-0.15, -0.1) is 0 Å². The largest absolute Gasteiger partial charge is 0.416 e. The molecule has 1 unspecified atom stereocenters. The molecule has 5 nitrogen and oxygen atoms in total. The number of amides is 1. The predicted octanol–water partition coefficient (Wildman–Crippen LogP) is 4.84. The number of piperidine rings is 1. The molecule has 1 aliphatic heterocycles. The summed E-state index contributed by atoms with van der Waals surface area (Å²) in [6.07, 6.45) is -1.86. The Morgan fingerprint density at radius 3 is 2.73 bits per heavy atom. The Balaban J connectivity index is 1.34. The molecule has 0 saturated carbocycles. The fourth-order valence-electron chi connectivity index (χ4n) is 3.65. The van der Waals surface area contributed by atoms with E-state index in [4.69, 9.17) is 4.52 Å². The lowest BCUT2D eigenvalue weighted by atomic mass is 9.94. The number of carbonyl (C=O) groups is 1. The summed E-state index contributed by atoms with van der Waals surface area (Å²) in [7, 11) is 0. The summed E-state index contributed by atoms with van der Waals surface area (Å²) in [5, 5.41) is 7.92. The molecule has 9 heteroatoms. The molecule has 1 aromatic carbocycles. The van der Waals surface area contributed by atoms with Crippen LogP contribution in [0.15, 0.2) is 45.6 Å². The van der Waals surface area contributed by atoms with Gasteiger partial charge in [-0.2, -0.15) is 29.5 Å². The molecule has 30 heavy (non-hydrogen) atoms. The SMILES string of the molecule is O=C(Cc1ccc(C(F)(F)F)cc1)N1CCCC(Cc2nc(-c3ccsc3)no2)C1. The van der Waals surface area contributed by atoms with Crippen LogP contribution in [0.5, 0.6) is 0 Å². The van der Waals surface area contributed by atoms with Gasteiger partial charge in [0.15, 0.2) is 0 Å². The van der Waals surface area contributed by atoms with Gasteiger partial charge in [-0.3, -0.25) is 4.79 Å². The van der Waals surface area contributed by atoms with Gasteiger partial charge in [0, 0.05) is 30.5 Å². The van der Waals surface area contributed by atoms with Crippen molar-refractivity contribution in [1.82, 2.24) is 15.0 Å². The van der Waals surface area contributed by atoms with Gasteiger partial charge in [-0.05, 0) is 47.9 Å². The first-order valence-electron chi connectivity index (χ1n) is 9.67. The highest BCUT2D eigenvalue weighted by Gasteiger charge is 2.30. The van der Waals surface area contributed by atoms with Crippen molar-refractivity contribution in [2.75, 3.05) is 13.1 Å². The zero-order valence-corrected chi connectivity index (χ0v) is 16.9. The highest BCUT2D eigenvalue weighted by atomic mass is 32.1. The first-order chi connectivity index (χ1) is 14.4. The van der Waals surface area contributed by atoms with E-state index in [1.165, 1.54) is 12.1 Å². The summed E-state index contributed by atoms with van der Waals surface area (Å²) in [5.74, 6) is 1.26. The summed E-state index contributed by atoms with van der Waals surface area (Å²) in [6, 6.07) is 6.70. The molecule has 0 aliphatic carbocycles. The van der Waals surface area contributed by atoms with Gasteiger partial charge in [-0.25, -0.2) is 0 Å². The molecule has 0 bridgehead atoms. The van der Waals surface area contributed by atoms with Crippen LogP contribution in [0.1, 0.15) is 29.9 Å². The van der Waals surface area contributed by atoms with Crippen LogP contribution in [0.4, 0.5) is 13.2 Å². The highest BCUT2D eigenvalue weighted by molar-refractivity contribution is 7.08. The van der Waals surface area contributed by atoms with Crippen LogP contribution in [-0.2, 0) is 23.8 Å². The maximum atomic E-state index is 12.7. The minimum atomic E-state index is -4.37. The molecule has 0 N–H and O–H groups in total. The maximum absolute atomic E-state index is 12.7. The number of carbonyl (C=O) groups excluding carboxylic acids is 1. The van der Waals surface area contributed by atoms with Crippen LogP contribution in [0.2, 0.25) is 0 Å². The monoisotopic (exact) mass is 435 g/mol. The van der Waals surface area contributed by atoms with E-state index in [2.05, 4.69) is 10.1 Å². The van der Waals surface area contributed by atoms with Gasteiger partial charge < -0.3 is 9.42 Å². The summed E-state index contributed by atoms with van der Waals surface area (Å²) in [5.41, 5.74) is 0.789. The molecule has 158 valence electrons. The Morgan fingerprint density at radius 2 is 2.03 bits per heavy atom. The highest BCUT2D eigenvalue weighted by Crippen LogP contribution is 2.29. The first kappa shape index (κ1) is 20.6. The Bertz CT molecular complexity index is 984. The number of thiophene rings is 1. The molecular weight excluding hydrogens is 415 g/mol. The number of halogens is 3. The molecule has 0 spiro atoms. The zero-order valence-electron chi connectivity index (χ0n) is 16.1. The van der Waals surface area contributed by atoms with Crippen molar-refractivity contribution in [1.29, 1.82) is 0 Å². The predicted molar refractivity (Wildman–Crippen MR) is 106 cm³/mol. The first-order valence-corrected chi connectivity index (χ1v) is 10.6. The molecule has 1 fully saturated rings. The molecule has 4 rings (SSSR count). The van der Waals surface area contributed by atoms with Gasteiger partial charge >= 0.3 is 6.18 Å². The molecule has 3 aromatic rings. The number of hydrogen-bond acceptors (Lipinski definition) is 5. The lowest BCUT2D eigenvalue weighted by Gasteiger charge is -2.32. The Hall–Kier alpha value is -2.68. The van der Waals surface area contributed by atoms with Crippen LogP contribution in [0.25, 0.3) is 11.4 Å². The maximum Gasteiger partial charge on any atom is 0.416 e. The van der Waals surface area contributed by atoms with E-state index in [0.29, 0.717) is 36.8 Å². The Labute approximate surface area is 175 Å². The third-order valence-electron chi connectivity index (χ3n) is 5.22. The topological polar surface area (TPSA) is 59.2 Å². The molecule has 1 amide bonds. The zero-order chi connectivity index (χ0) is 21.1. The third-order valence-corrected chi connectivity index (χ3v) is 5.90. The fourth-order valence-corrected chi connectivity index (χ4v) is 4.28. The molecule has 1 atom stereocenters. The summed E-state index contributed by atoms with van der Waals surface area (Å²) >= 11 is 1.56. The molecule has 1 saturated heterocycles. The number of rotatable bonds is 5. The average molecular weight is 435 g/mol. The molecule has 2 aromatic heterocycles. The van der Waals surface area contributed by atoms with Crippen LogP contribution < -0.4 is 0 Å². The van der Waals surface area contributed by atoms with E-state index >= 15 is 0 Å². The number of benzene rings is 1. The number of aromatic nitrogens is 2. The van der Waals surface area contributed by atoms with Crippen molar-refractivity contribution in [2.45, 2.75) is 31.9 Å². The van der Waals surface area contributed by atoms with Gasteiger partial charge in [0.25, 0.3) is 0 Å². The van der Waals surface area contributed by atoms with Crippen LogP contribution >= 0.6 is 11.3 Å². The van der Waals surface area contributed by atoms with Gasteiger partial charge in [0.2, 0.25) is 17.6 Å². The Kier molecular flexibility index (Phi) is 5.90. The molecular formula is C21H20F3N3O2S. The average Bonchev–Trinajstić information content (AvgIpc) is 3.40. The van der Waals surface area contributed by atoms with E-state index < -0.39 is 11.7 Å². The number of alkyl halides is 3. The molecule has 3 heterocycles. The van der Waals surface area contributed by atoms with Gasteiger partial charge in [-0.1, -0.05) is 17.3 Å². The van der Waals surface area contributed by atoms with E-state index in [1.807, 2.05) is 16.8 Å². The molecule has 1 aliphatic rings. The quantitative estimate of drug-likeness (QED) is 0.575. The van der Waals surface area contributed by atoms with Crippen molar-refractivity contribution in [3.8, 4) is 11.4 Å². The number of hydrogen-bond donors (Lipinski definition) is 0. The van der Waals surface area contributed by atoms with Crippen molar-refractivity contribution in [3.05, 3.63) is 58.1 Å². The summed E-state index contributed by atoms with van der Waals surface area (Å²) < 4.78 is 43.4. The van der Waals surface area contributed by atoms with Crippen molar-refractivity contribution >= 4 is 17.2 Å². The minimum Gasteiger partial charge on any atom is -0.342 e. The molecule has 0 radical (unpaired) electrons. The van der Waals surface area contributed by atoms with Crippen LogP contribution in [-0.4, -0.2) is 34.0 Å². The lowest BCUT2D eigenvalue weighted by Crippen LogP contribution is -2.41. The van der Waals surface area contributed by atoms with Gasteiger partial charge in [0.05, 0.1) is 12.0 Å². The van der Waals surface area contributed by atoms with Crippen LogP contribution in [0.3, 0.4) is 0 Å². The normalized spacial score (nSPS) is 17.3. The Morgan fingerprint density at radius 1 is 1.23 bits per heavy atom.